The van der Waals surface area contributed by atoms with E-state index in [2.05, 4.69) is 10.3 Å². The molecule has 1 aliphatic heterocycles. The van der Waals surface area contributed by atoms with Crippen LogP contribution in [0.2, 0.25) is 0 Å². The number of carbonyl (C=O) groups excluding carboxylic acids is 2. The molecule has 1 saturated carbocycles. The van der Waals surface area contributed by atoms with E-state index >= 15 is 0 Å². The fourth-order valence-electron chi connectivity index (χ4n) is 2.31. The minimum absolute atomic E-state index is 0.0107. The Hall–Kier alpha value is -1.85. The Labute approximate surface area is 105 Å². The van der Waals surface area contributed by atoms with Gasteiger partial charge in [0, 0.05) is 25.0 Å². The van der Waals surface area contributed by atoms with Crippen molar-refractivity contribution in [3.63, 3.8) is 0 Å². The third-order valence-electron chi connectivity index (χ3n) is 3.45. The van der Waals surface area contributed by atoms with Gasteiger partial charge >= 0.3 is 6.03 Å². The molecule has 1 saturated heterocycles. The number of hydrogen-bond acceptors (Lipinski definition) is 3. The van der Waals surface area contributed by atoms with Crippen LogP contribution in [0.5, 0.6) is 0 Å². The summed E-state index contributed by atoms with van der Waals surface area (Å²) in [5.74, 6) is -0.0107. The smallest absolute Gasteiger partial charge is 0.330 e. The molecule has 0 spiro atoms. The first-order valence-corrected chi connectivity index (χ1v) is 6.35. The second-order valence-electron chi connectivity index (χ2n) is 4.89. The van der Waals surface area contributed by atoms with Crippen LogP contribution in [0.3, 0.4) is 0 Å². The predicted octanol–water partition coefficient (Wildman–Crippen LogP) is 0.594. The van der Waals surface area contributed by atoms with Gasteiger partial charge in [-0.1, -0.05) is 0 Å². The summed E-state index contributed by atoms with van der Waals surface area (Å²) in [5, 5.41) is 2.97. The van der Waals surface area contributed by atoms with Gasteiger partial charge in [-0.25, -0.2) is 9.78 Å². The van der Waals surface area contributed by atoms with E-state index in [0.717, 1.165) is 25.7 Å². The van der Waals surface area contributed by atoms with Crippen molar-refractivity contribution in [3.05, 3.63) is 18.7 Å². The summed E-state index contributed by atoms with van der Waals surface area (Å²) in [6.45, 7) is 0.639. The maximum absolute atomic E-state index is 12.2. The summed E-state index contributed by atoms with van der Waals surface area (Å²) in [6, 6.07) is -0.148. The Morgan fingerprint density at radius 1 is 1.28 bits per heavy atom. The van der Waals surface area contributed by atoms with Gasteiger partial charge in [0.2, 0.25) is 5.91 Å². The Morgan fingerprint density at radius 3 is 2.78 bits per heavy atom. The molecule has 3 rings (SSSR count). The molecule has 0 bridgehead atoms. The normalized spacial score (nSPS) is 23.1. The standard InChI is InChI=1S/C12H16N4O2/c17-11(14-9-3-4-9)10-2-1-6-16(10)12(18)15-7-5-13-8-15/h5,7-10H,1-4,6H2,(H,14,17). The zero-order valence-electron chi connectivity index (χ0n) is 10.1. The van der Waals surface area contributed by atoms with Gasteiger partial charge in [-0.15, -0.1) is 0 Å². The Morgan fingerprint density at radius 2 is 2.11 bits per heavy atom. The van der Waals surface area contributed by atoms with Crippen molar-refractivity contribution in [1.82, 2.24) is 19.8 Å². The second-order valence-corrected chi connectivity index (χ2v) is 4.89. The molecule has 2 heterocycles. The molecule has 1 aliphatic carbocycles. The number of nitrogens with zero attached hydrogens (tertiary/aromatic N) is 3. The third-order valence-corrected chi connectivity index (χ3v) is 3.45. The fourth-order valence-corrected chi connectivity index (χ4v) is 2.31. The van der Waals surface area contributed by atoms with Crippen LogP contribution in [0.15, 0.2) is 18.7 Å². The van der Waals surface area contributed by atoms with E-state index in [1.165, 1.54) is 10.9 Å². The highest BCUT2D eigenvalue weighted by atomic mass is 16.2. The molecule has 6 heteroatoms. The van der Waals surface area contributed by atoms with Crippen LogP contribution in [0, 0.1) is 0 Å². The van der Waals surface area contributed by atoms with Crippen LogP contribution < -0.4 is 5.32 Å². The molecule has 0 radical (unpaired) electrons. The van der Waals surface area contributed by atoms with Gasteiger partial charge in [0.05, 0.1) is 0 Å². The Balaban J connectivity index is 1.70. The first kappa shape index (κ1) is 11.3. The minimum Gasteiger partial charge on any atom is -0.352 e. The summed E-state index contributed by atoms with van der Waals surface area (Å²) >= 11 is 0. The summed E-state index contributed by atoms with van der Waals surface area (Å²) < 4.78 is 1.42. The maximum atomic E-state index is 12.2. The van der Waals surface area contributed by atoms with Crippen molar-refractivity contribution in [2.45, 2.75) is 37.8 Å². The Bertz CT molecular complexity index is 453. The first-order chi connectivity index (χ1) is 8.75. The number of carbonyl (C=O) groups is 2. The molecule has 2 amide bonds. The van der Waals surface area contributed by atoms with Crippen molar-refractivity contribution in [3.8, 4) is 0 Å². The number of rotatable bonds is 2. The largest absolute Gasteiger partial charge is 0.352 e. The highest BCUT2D eigenvalue weighted by molar-refractivity contribution is 5.88. The van der Waals surface area contributed by atoms with Crippen molar-refractivity contribution in [2.75, 3.05) is 6.54 Å². The van der Waals surface area contributed by atoms with Gasteiger partial charge in [-0.05, 0) is 25.7 Å². The molecular formula is C12H16N4O2. The van der Waals surface area contributed by atoms with Gasteiger partial charge in [-0.3, -0.25) is 9.36 Å². The van der Waals surface area contributed by atoms with E-state index in [1.807, 2.05) is 0 Å². The van der Waals surface area contributed by atoms with Gasteiger partial charge < -0.3 is 10.2 Å². The summed E-state index contributed by atoms with van der Waals surface area (Å²) in [6.07, 6.45) is 8.39. The summed E-state index contributed by atoms with van der Waals surface area (Å²) in [5.41, 5.74) is 0. The van der Waals surface area contributed by atoms with Crippen molar-refractivity contribution in [2.24, 2.45) is 0 Å². The quantitative estimate of drug-likeness (QED) is 0.833. The van der Waals surface area contributed by atoms with E-state index in [0.29, 0.717) is 12.6 Å². The van der Waals surface area contributed by atoms with E-state index in [9.17, 15) is 9.59 Å². The molecule has 2 aliphatic rings. The third kappa shape index (κ3) is 2.10. The predicted molar refractivity (Wildman–Crippen MR) is 63.9 cm³/mol. The van der Waals surface area contributed by atoms with Crippen molar-refractivity contribution >= 4 is 11.9 Å². The van der Waals surface area contributed by atoms with Gasteiger partial charge in [0.15, 0.2) is 0 Å². The molecular weight excluding hydrogens is 232 g/mol. The van der Waals surface area contributed by atoms with Crippen LogP contribution in [0.4, 0.5) is 4.79 Å². The molecule has 1 unspecified atom stereocenters. The SMILES string of the molecule is O=C(NC1CC1)C1CCCN1C(=O)n1ccnc1. The molecule has 96 valence electrons. The van der Waals surface area contributed by atoms with E-state index in [4.69, 9.17) is 0 Å². The highest BCUT2D eigenvalue weighted by Crippen LogP contribution is 2.22. The molecule has 6 nitrogen and oxygen atoms in total. The Kier molecular flexibility index (Phi) is 2.77. The van der Waals surface area contributed by atoms with Crippen LogP contribution in [0.25, 0.3) is 0 Å². The molecule has 1 atom stereocenters. The van der Waals surface area contributed by atoms with Gasteiger partial charge in [0.25, 0.3) is 0 Å². The number of hydrogen-bond donors (Lipinski definition) is 1. The second kappa shape index (κ2) is 4.44. The molecule has 1 N–H and O–H groups in total. The monoisotopic (exact) mass is 248 g/mol. The van der Waals surface area contributed by atoms with Crippen molar-refractivity contribution in [1.29, 1.82) is 0 Å². The number of likely N-dealkylation sites (tertiary alicyclic amines) is 1. The van der Waals surface area contributed by atoms with Crippen LogP contribution in [-0.2, 0) is 4.79 Å². The van der Waals surface area contributed by atoms with Crippen molar-refractivity contribution < 1.29 is 9.59 Å². The number of nitrogens with one attached hydrogen (secondary N) is 1. The maximum Gasteiger partial charge on any atom is 0.330 e. The zero-order valence-corrected chi connectivity index (χ0v) is 10.1. The van der Waals surface area contributed by atoms with E-state index in [1.54, 1.807) is 17.3 Å². The zero-order chi connectivity index (χ0) is 12.5. The highest BCUT2D eigenvalue weighted by Gasteiger charge is 2.36. The van der Waals surface area contributed by atoms with Crippen LogP contribution >= 0.6 is 0 Å². The fraction of sp³-hybridized carbons (Fsp3) is 0.583. The molecule has 18 heavy (non-hydrogen) atoms. The lowest BCUT2D eigenvalue weighted by molar-refractivity contribution is -0.124. The molecule has 0 aromatic carbocycles. The summed E-state index contributed by atoms with van der Waals surface area (Å²) in [4.78, 5) is 29.7. The molecule has 1 aromatic rings. The van der Waals surface area contributed by atoms with E-state index in [-0.39, 0.29) is 18.0 Å². The number of aromatic nitrogens is 2. The molecule has 2 fully saturated rings. The lowest BCUT2D eigenvalue weighted by Crippen LogP contribution is -2.47. The van der Waals surface area contributed by atoms with Crippen LogP contribution in [0.1, 0.15) is 25.7 Å². The lowest BCUT2D eigenvalue weighted by atomic mass is 10.2. The van der Waals surface area contributed by atoms with E-state index < -0.39 is 0 Å². The first-order valence-electron chi connectivity index (χ1n) is 6.35. The number of imidazole rings is 1. The average molecular weight is 248 g/mol. The van der Waals surface area contributed by atoms with Gasteiger partial charge in [0.1, 0.15) is 12.4 Å². The lowest BCUT2D eigenvalue weighted by Gasteiger charge is -2.23. The van der Waals surface area contributed by atoms with Gasteiger partial charge in [-0.2, -0.15) is 0 Å². The van der Waals surface area contributed by atoms with Crippen LogP contribution in [-0.4, -0.2) is 45.0 Å². The average Bonchev–Trinajstić information content (AvgIpc) is 2.91. The topological polar surface area (TPSA) is 67.2 Å². The number of amides is 2. The minimum atomic E-state index is -0.319. The molecule has 1 aromatic heterocycles. The summed E-state index contributed by atoms with van der Waals surface area (Å²) in [7, 11) is 0.